The van der Waals surface area contributed by atoms with Gasteiger partial charge in [0, 0.05) is 44.5 Å². The van der Waals surface area contributed by atoms with Gasteiger partial charge in [0.2, 0.25) is 11.8 Å². The molecule has 1 fully saturated rings. The van der Waals surface area contributed by atoms with Gasteiger partial charge in [0.15, 0.2) is 0 Å². The Morgan fingerprint density at radius 3 is 2.50 bits per heavy atom. The quantitative estimate of drug-likeness (QED) is 0.854. The van der Waals surface area contributed by atoms with Crippen LogP contribution in [-0.2, 0) is 12.7 Å². The summed E-state index contributed by atoms with van der Waals surface area (Å²) in [4.78, 5) is 13.0. The smallest absolute Gasteiger partial charge is 0.416 e. The summed E-state index contributed by atoms with van der Waals surface area (Å²) in [5.41, 5.74) is 0.874. The summed E-state index contributed by atoms with van der Waals surface area (Å²) in [6, 6.07) is 1.89. The predicted octanol–water partition coefficient (Wildman–Crippen LogP) is 1.94. The topological polar surface area (TPSA) is 83.2 Å². The van der Waals surface area contributed by atoms with Gasteiger partial charge in [0.1, 0.15) is 5.82 Å². The molecule has 0 atom stereocenters. The Balaban J connectivity index is 1.58. The molecule has 0 bridgehead atoms. The molecule has 0 aromatic carbocycles. The molecule has 1 aliphatic rings. The number of rotatable bonds is 5. The van der Waals surface area contributed by atoms with Crippen LogP contribution in [0.5, 0.6) is 0 Å². The van der Waals surface area contributed by atoms with E-state index in [1.54, 1.807) is 0 Å². The van der Waals surface area contributed by atoms with Crippen molar-refractivity contribution >= 4 is 11.8 Å². The van der Waals surface area contributed by atoms with Gasteiger partial charge >= 0.3 is 12.1 Å². The number of hydrogen-bond donors (Lipinski definition) is 1. The summed E-state index contributed by atoms with van der Waals surface area (Å²) in [6.45, 7) is 7.47. The van der Waals surface area contributed by atoms with E-state index in [4.69, 9.17) is 0 Å². The fourth-order valence-corrected chi connectivity index (χ4v) is 2.70. The maximum absolute atomic E-state index is 12.5. The van der Waals surface area contributed by atoms with E-state index in [2.05, 4.69) is 34.8 Å². The first-order valence-electron chi connectivity index (χ1n) is 8.31. The average molecular weight is 371 g/mol. The minimum atomic E-state index is -4.61. The lowest BCUT2D eigenvalue weighted by Gasteiger charge is -2.34. The second-order valence-corrected chi connectivity index (χ2v) is 5.99. The highest BCUT2D eigenvalue weighted by Gasteiger charge is 2.38. The lowest BCUT2D eigenvalue weighted by atomic mass is 10.3. The van der Waals surface area contributed by atoms with Crippen LogP contribution in [0.15, 0.2) is 10.5 Å². The largest absolute Gasteiger partial charge is 0.470 e. The van der Waals surface area contributed by atoms with Crippen molar-refractivity contribution in [2.45, 2.75) is 26.6 Å². The van der Waals surface area contributed by atoms with E-state index in [9.17, 15) is 13.2 Å². The van der Waals surface area contributed by atoms with Crippen LogP contribution in [0.4, 0.5) is 24.9 Å². The molecule has 8 nitrogen and oxygen atoms in total. The van der Waals surface area contributed by atoms with Crippen molar-refractivity contribution in [1.29, 1.82) is 0 Å². The van der Waals surface area contributed by atoms with Crippen molar-refractivity contribution in [3.63, 3.8) is 0 Å². The molecule has 1 aliphatic heterocycles. The third-order valence-electron chi connectivity index (χ3n) is 3.92. The Morgan fingerprint density at radius 2 is 1.88 bits per heavy atom. The van der Waals surface area contributed by atoms with Crippen LogP contribution in [0.2, 0.25) is 0 Å². The lowest BCUT2D eigenvalue weighted by Crippen LogP contribution is -2.46. The number of aryl methyl sites for hydroxylation is 1. The highest BCUT2D eigenvalue weighted by Crippen LogP contribution is 2.28. The number of aromatic nitrogens is 4. The highest BCUT2D eigenvalue weighted by molar-refractivity contribution is 5.43. The Bertz CT molecular complexity index is 741. The van der Waals surface area contributed by atoms with Gasteiger partial charge in [-0.2, -0.15) is 18.2 Å². The van der Waals surface area contributed by atoms with E-state index in [1.165, 1.54) is 0 Å². The molecule has 11 heteroatoms. The molecule has 2 aromatic rings. The average Bonchev–Trinajstić information content (AvgIpc) is 3.04. The molecule has 0 amide bonds. The molecule has 3 heterocycles. The molecule has 1 N–H and O–H groups in total. The van der Waals surface area contributed by atoms with Crippen LogP contribution >= 0.6 is 0 Å². The van der Waals surface area contributed by atoms with E-state index in [1.807, 2.05) is 24.8 Å². The van der Waals surface area contributed by atoms with E-state index in [0.29, 0.717) is 32.1 Å². The number of nitrogens with one attached hydrogen (secondary N) is 1. The monoisotopic (exact) mass is 371 g/mol. The fourth-order valence-electron chi connectivity index (χ4n) is 2.70. The van der Waals surface area contributed by atoms with Crippen LogP contribution in [0.1, 0.15) is 24.4 Å². The van der Waals surface area contributed by atoms with E-state index < -0.39 is 12.1 Å². The lowest BCUT2D eigenvalue weighted by molar-refractivity contribution is -0.157. The van der Waals surface area contributed by atoms with Gasteiger partial charge in [-0.05, 0) is 13.8 Å². The molecule has 0 aliphatic carbocycles. The van der Waals surface area contributed by atoms with E-state index in [-0.39, 0.29) is 12.4 Å². The summed E-state index contributed by atoms with van der Waals surface area (Å²) in [7, 11) is 0. The standard InChI is InChI=1S/C15H20F3N7O/c1-3-19-11-8-10(2)20-14(21-11)25-6-4-24(5-7-25)9-12-22-23-13(26-12)15(16,17)18/h8H,3-7,9H2,1-2H3,(H,19,20,21). The Labute approximate surface area is 148 Å². The molecule has 142 valence electrons. The fraction of sp³-hybridized carbons (Fsp3) is 0.600. The van der Waals surface area contributed by atoms with Crippen LogP contribution in [0.3, 0.4) is 0 Å². The van der Waals surface area contributed by atoms with E-state index >= 15 is 0 Å². The number of halogens is 3. The molecule has 0 unspecified atom stereocenters. The van der Waals surface area contributed by atoms with Crippen molar-refractivity contribution in [2.24, 2.45) is 0 Å². The number of hydrogen-bond acceptors (Lipinski definition) is 8. The van der Waals surface area contributed by atoms with Crippen LogP contribution in [0, 0.1) is 6.92 Å². The summed E-state index contributed by atoms with van der Waals surface area (Å²) >= 11 is 0. The minimum Gasteiger partial charge on any atom is -0.416 e. The van der Waals surface area contributed by atoms with Crippen molar-refractivity contribution in [1.82, 2.24) is 25.1 Å². The van der Waals surface area contributed by atoms with Gasteiger partial charge in [0.05, 0.1) is 6.54 Å². The first kappa shape index (κ1) is 18.4. The highest BCUT2D eigenvalue weighted by atomic mass is 19.4. The summed E-state index contributed by atoms with van der Waals surface area (Å²) in [6.07, 6.45) is -4.61. The molecular formula is C15H20F3N7O. The zero-order valence-corrected chi connectivity index (χ0v) is 14.5. The Morgan fingerprint density at radius 1 is 1.15 bits per heavy atom. The van der Waals surface area contributed by atoms with Crippen molar-refractivity contribution in [3.05, 3.63) is 23.5 Å². The van der Waals surface area contributed by atoms with Gasteiger partial charge in [-0.25, -0.2) is 4.98 Å². The second-order valence-electron chi connectivity index (χ2n) is 5.99. The summed E-state index contributed by atoms with van der Waals surface area (Å²) in [5.74, 6) is 0.0861. The molecular weight excluding hydrogens is 351 g/mol. The second kappa shape index (κ2) is 7.44. The first-order chi connectivity index (χ1) is 12.3. The first-order valence-corrected chi connectivity index (χ1v) is 8.31. The third-order valence-corrected chi connectivity index (χ3v) is 3.92. The zero-order valence-electron chi connectivity index (χ0n) is 14.5. The van der Waals surface area contributed by atoms with Gasteiger partial charge in [-0.1, -0.05) is 0 Å². The predicted molar refractivity (Wildman–Crippen MR) is 87.7 cm³/mol. The molecule has 3 rings (SSSR count). The SMILES string of the molecule is CCNc1cc(C)nc(N2CCN(Cc3nnc(C(F)(F)F)o3)CC2)n1. The van der Waals surface area contributed by atoms with Crippen LogP contribution in [-0.4, -0.2) is 57.8 Å². The van der Waals surface area contributed by atoms with Gasteiger partial charge in [-0.3, -0.25) is 4.90 Å². The normalized spacial score (nSPS) is 16.1. The Kier molecular flexibility index (Phi) is 5.25. The number of anilines is 2. The van der Waals surface area contributed by atoms with Crippen LogP contribution in [0.25, 0.3) is 0 Å². The maximum atomic E-state index is 12.5. The molecule has 0 spiro atoms. The molecule has 26 heavy (non-hydrogen) atoms. The third kappa shape index (κ3) is 4.40. The molecule has 2 aromatic heterocycles. The van der Waals surface area contributed by atoms with Gasteiger partial charge < -0.3 is 14.6 Å². The molecule has 0 radical (unpaired) electrons. The van der Waals surface area contributed by atoms with Crippen LogP contribution < -0.4 is 10.2 Å². The van der Waals surface area contributed by atoms with E-state index in [0.717, 1.165) is 18.1 Å². The zero-order chi connectivity index (χ0) is 18.7. The van der Waals surface area contributed by atoms with Gasteiger partial charge in [-0.15, -0.1) is 10.2 Å². The minimum absolute atomic E-state index is 0.0352. The van der Waals surface area contributed by atoms with Gasteiger partial charge in [0.25, 0.3) is 0 Å². The van der Waals surface area contributed by atoms with Crippen molar-refractivity contribution in [2.75, 3.05) is 42.9 Å². The van der Waals surface area contributed by atoms with Crippen molar-refractivity contribution < 1.29 is 17.6 Å². The number of nitrogens with zero attached hydrogens (tertiary/aromatic N) is 6. The Hall–Kier alpha value is -2.43. The summed E-state index contributed by atoms with van der Waals surface area (Å²) < 4.78 is 42.2. The van der Waals surface area contributed by atoms with Crippen molar-refractivity contribution in [3.8, 4) is 0 Å². The number of alkyl halides is 3. The molecule has 1 saturated heterocycles. The molecule has 0 saturated carbocycles. The maximum Gasteiger partial charge on any atom is 0.470 e. The number of piperazine rings is 1. The summed E-state index contributed by atoms with van der Waals surface area (Å²) in [5, 5.41) is 9.70.